The average Bonchev–Trinajstić information content (AvgIpc) is 2.67. The molecule has 1 N–H and O–H groups in total. The monoisotopic (exact) mass is 339 g/mol. The Morgan fingerprint density at radius 1 is 1.29 bits per heavy atom. The first-order chi connectivity index (χ1) is 11.2. The highest BCUT2D eigenvalue weighted by Gasteiger charge is 2.58. The number of nitrogens with one attached hydrogen (secondary N) is 1. The number of hydrogen-bond acceptors (Lipinski definition) is 4. The number of carbonyl (C=O) groups excluding carboxylic acids is 4. The number of piperidine rings is 1. The zero-order valence-electron chi connectivity index (χ0n) is 13.1. The minimum atomic E-state index is -1.45. The second kappa shape index (κ2) is 5.22. The Balaban J connectivity index is 2.10. The third-order valence-corrected chi connectivity index (χ3v) is 4.75. The van der Waals surface area contributed by atoms with E-state index in [4.69, 9.17) is 0 Å². The van der Waals surface area contributed by atoms with Gasteiger partial charge in [-0.3, -0.25) is 24.6 Å². The van der Waals surface area contributed by atoms with E-state index in [0.717, 1.165) is 9.80 Å². The fourth-order valence-electron chi connectivity index (χ4n) is 3.66. The summed E-state index contributed by atoms with van der Waals surface area (Å²) in [6, 6.07) is -1.70. The number of carbonyl (C=O) groups is 4. The molecule has 1 aliphatic carbocycles. The van der Waals surface area contributed by atoms with E-state index in [-0.39, 0.29) is 24.8 Å². The van der Waals surface area contributed by atoms with Gasteiger partial charge in [0.05, 0.1) is 16.8 Å². The molecule has 0 aromatic rings. The topological polar surface area (TPSA) is 86.8 Å². The van der Waals surface area contributed by atoms with Crippen LogP contribution in [0.25, 0.3) is 0 Å². The lowest BCUT2D eigenvalue weighted by Gasteiger charge is -2.41. The first-order valence-electron chi connectivity index (χ1n) is 7.37. The number of allylic oxidation sites excluding steroid dienone is 2. The van der Waals surface area contributed by atoms with E-state index in [0.29, 0.717) is 0 Å². The summed E-state index contributed by atoms with van der Waals surface area (Å²) in [6.45, 7) is 1.44. The van der Waals surface area contributed by atoms with Gasteiger partial charge >= 0.3 is 6.03 Å². The minimum absolute atomic E-state index is 0.0272. The summed E-state index contributed by atoms with van der Waals surface area (Å²) in [4.78, 5) is 49.1. The normalized spacial score (nSPS) is 30.8. The van der Waals surface area contributed by atoms with Crippen molar-refractivity contribution >= 4 is 24.1 Å². The van der Waals surface area contributed by atoms with Gasteiger partial charge in [-0.25, -0.2) is 13.6 Å². The Hall–Kier alpha value is -2.58. The molecule has 7 nitrogen and oxygen atoms in total. The van der Waals surface area contributed by atoms with E-state index >= 15 is 0 Å². The number of aldehydes is 1. The SMILES string of the molecule is CN1C(=O)N(C2CCC(=O)NC2=O)C2(C)CC(F)=C(C=O)C(F)=C12. The zero-order valence-corrected chi connectivity index (χ0v) is 13.1. The number of urea groups is 1. The van der Waals surface area contributed by atoms with Gasteiger partial charge in [0.25, 0.3) is 0 Å². The Labute approximate surface area is 135 Å². The Morgan fingerprint density at radius 3 is 2.54 bits per heavy atom. The molecule has 2 aliphatic heterocycles. The molecular weight excluding hydrogens is 324 g/mol. The number of hydrogen-bond donors (Lipinski definition) is 1. The van der Waals surface area contributed by atoms with Crippen molar-refractivity contribution in [2.24, 2.45) is 0 Å². The van der Waals surface area contributed by atoms with Gasteiger partial charge in [0.1, 0.15) is 11.9 Å². The molecule has 0 aromatic carbocycles. The van der Waals surface area contributed by atoms with Crippen molar-refractivity contribution in [2.45, 2.75) is 37.8 Å². The lowest BCUT2D eigenvalue weighted by molar-refractivity contribution is -0.137. The van der Waals surface area contributed by atoms with Crippen molar-refractivity contribution < 1.29 is 28.0 Å². The second-order valence-corrected chi connectivity index (χ2v) is 6.23. The molecule has 2 unspecified atom stereocenters. The van der Waals surface area contributed by atoms with E-state index in [1.165, 1.54) is 14.0 Å². The molecule has 2 atom stereocenters. The third-order valence-electron chi connectivity index (χ3n) is 4.75. The van der Waals surface area contributed by atoms with Gasteiger partial charge in [0.15, 0.2) is 12.1 Å². The van der Waals surface area contributed by atoms with Crippen LogP contribution >= 0.6 is 0 Å². The van der Waals surface area contributed by atoms with Crippen molar-refractivity contribution in [3.8, 4) is 0 Å². The van der Waals surface area contributed by atoms with Gasteiger partial charge in [-0.05, 0) is 13.3 Å². The van der Waals surface area contributed by atoms with E-state index in [1.807, 2.05) is 0 Å². The molecule has 3 rings (SSSR count). The maximum Gasteiger partial charge on any atom is 0.325 e. The number of likely N-dealkylation sites (N-methyl/N-ethyl adjacent to an activating group) is 1. The number of halogens is 2. The molecule has 2 fully saturated rings. The van der Waals surface area contributed by atoms with Crippen LogP contribution in [0.1, 0.15) is 26.2 Å². The zero-order chi connectivity index (χ0) is 17.8. The van der Waals surface area contributed by atoms with Crippen molar-refractivity contribution in [3.05, 3.63) is 22.9 Å². The number of amides is 4. The third kappa shape index (κ3) is 2.00. The molecular formula is C15H15F2N3O4. The van der Waals surface area contributed by atoms with E-state index < -0.39 is 53.1 Å². The maximum atomic E-state index is 14.6. The summed E-state index contributed by atoms with van der Waals surface area (Å²) in [5.74, 6) is -3.22. The quantitative estimate of drug-likeness (QED) is 0.599. The van der Waals surface area contributed by atoms with Crippen LogP contribution in [0.2, 0.25) is 0 Å². The van der Waals surface area contributed by atoms with Gasteiger partial charge in [-0.1, -0.05) is 0 Å². The fraction of sp³-hybridized carbons (Fsp3) is 0.467. The van der Waals surface area contributed by atoms with Crippen LogP contribution in [0, 0.1) is 0 Å². The van der Waals surface area contributed by atoms with Crippen LogP contribution in [0.3, 0.4) is 0 Å². The molecule has 0 spiro atoms. The molecule has 0 radical (unpaired) electrons. The van der Waals surface area contributed by atoms with Gasteiger partial charge < -0.3 is 4.90 Å². The second-order valence-electron chi connectivity index (χ2n) is 6.23. The van der Waals surface area contributed by atoms with Gasteiger partial charge in [-0.15, -0.1) is 0 Å². The Bertz CT molecular complexity index is 745. The van der Waals surface area contributed by atoms with E-state index in [9.17, 15) is 28.0 Å². The summed E-state index contributed by atoms with van der Waals surface area (Å²) < 4.78 is 28.8. The smallest absolute Gasteiger partial charge is 0.301 e. The highest BCUT2D eigenvalue weighted by Crippen LogP contribution is 2.48. The highest BCUT2D eigenvalue weighted by atomic mass is 19.1. The fourth-order valence-corrected chi connectivity index (χ4v) is 3.66. The van der Waals surface area contributed by atoms with Gasteiger partial charge in [0, 0.05) is 19.9 Å². The number of imide groups is 1. The Kier molecular flexibility index (Phi) is 3.54. The van der Waals surface area contributed by atoms with Gasteiger partial charge in [0.2, 0.25) is 11.8 Å². The van der Waals surface area contributed by atoms with E-state index in [1.54, 1.807) is 0 Å². The number of fused-ring (bicyclic) bond motifs is 1. The number of nitrogens with zero attached hydrogens (tertiary/aromatic N) is 2. The molecule has 0 aromatic heterocycles. The highest BCUT2D eigenvalue weighted by molar-refractivity contribution is 6.02. The molecule has 0 saturated carbocycles. The van der Waals surface area contributed by atoms with Crippen LogP contribution < -0.4 is 5.32 Å². The van der Waals surface area contributed by atoms with Gasteiger partial charge in [-0.2, -0.15) is 0 Å². The van der Waals surface area contributed by atoms with Crippen molar-refractivity contribution in [2.75, 3.05) is 7.05 Å². The standard InChI is InChI=1S/C15H15F2N3O4/c1-15-5-8(16)7(6-21)11(17)12(15)19(2)14(24)20(15)9-3-4-10(22)18-13(9)23/h6,9H,3-5H2,1-2H3,(H,18,22,23). The van der Waals surface area contributed by atoms with Crippen LogP contribution in [0.4, 0.5) is 13.6 Å². The van der Waals surface area contributed by atoms with Crippen LogP contribution in [0.5, 0.6) is 0 Å². The summed E-state index contributed by atoms with van der Waals surface area (Å²) in [5.41, 5.74) is -2.32. The van der Waals surface area contributed by atoms with Crippen molar-refractivity contribution in [1.82, 2.24) is 15.1 Å². The van der Waals surface area contributed by atoms with Crippen LogP contribution in [0.15, 0.2) is 22.9 Å². The molecule has 3 aliphatic rings. The lowest BCUT2D eigenvalue weighted by Crippen LogP contribution is -2.59. The lowest BCUT2D eigenvalue weighted by atomic mass is 9.83. The Morgan fingerprint density at radius 2 is 1.96 bits per heavy atom. The van der Waals surface area contributed by atoms with Crippen molar-refractivity contribution in [1.29, 1.82) is 0 Å². The average molecular weight is 339 g/mol. The predicted octanol–water partition coefficient (Wildman–Crippen LogP) is 0.925. The van der Waals surface area contributed by atoms with Crippen LogP contribution in [-0.2, 0) is 14.4 Å². The molecule has 24 heavy (non-hydrogen) atoms. The largest absolute Gasteiger partial charge is 0.325 e. The van der Waals surface area contributed by atoms with E-state index in [2.05, 4.69) is 5.32 Å². The maximum absolute atomic E-state index is 14.6. The molecule has 4 amide bonds. The minimum Gasteiger partial charge on any atom is -0.301 e. The molecule has 2 heterocycles. The molecule has 9 heteroatoms. The number of rotatable bonds is 2. The first-order valence-corrected chi connectivity index (χ1v) is 7.37. The molecule has 0 bridgehead atoms. The van der Waals surface area contributed by atoms with Crippen LogP contribution in [-0.4, -0.2) is 52.6 Å². The summed E-state index contributed by atoms with van der Waals surface area (Å²) in [7, 11) is 1.30. The molecule has 2 saturated heterocycles. The van der Waals surface area contributed by atoms with Crippen molar-refractivity contribution in [3.63, 3.8) is 0 Å². The summed E-state index contributed by atoms with van der Waals surface area (Å²) in [5, 5.41) is 2.13. The summed E-state index contributed by atoms with van der Waals surface area (Å²) >= 11 is 0. The molecule has 128 valence electrons. The first kappa shape index (κ1) is 16.3. The summed E-state index contributed by atoms with van der Waals surface area (Å²) in [6.07, 6.45) is -0.248. The predicted molar refractivity (Wildman–Crippen MR) is 76.5 cm³/mol.